The molecular formula is C13H18F2N2O3. The number of piperazine rings is 1. The third-order valence-electron chi connectivity index (χ3n) is 3.08. The van der Waals surface area contributed by atoms with E-state index in [0.29, 0.717) is 26.2 Å². The van der Waals surface area contributed by atoms with E-state index in [2.05, 4.69) is 5.32 Å². The zero-order chi connectivity index (χ0) is 14.5. The summed E-state index contributed by atoms with van der Waals surface area (Å²) < 4.78 is 33.1. The second-order valence-electron chi connectivity index (χ2n) is 4.62. The van der Waals surface area contributed by atoms with Gasteiger partial charge in [0.2, 0.25) is 0 Å². The number of hydrogen-bond donors (Lipinski definition) is 3. The molecule has 0 aromatic heterocycles. The Morgan fingerprint density at radius 3 is 2.40 bits per heavy atom. The maximum Gasteiger partial charge on any atom is 0.153 e. The van der Waals surface area contributed by atoms with Gasteiger partial charge in [0.25, 0.3) is 0 Å². The number of halogens is 2. The zero-order valence-electron chi connectivity index (χ0n) is 11.0. The van der Waals surface area contributed by atoms with Crippen molar-refractivity contribution in [2.45, 2.75) is 6.10 Å². The maximum absolute atomic E-state index is 14.0. The molecule has 2 rings (SSSR count). The molecule has 112 valence electrons. The predicted molar refractivity (Wildman–Crippen MR) is 70.0 cm³/mol. The van der Waals surface area contributed by atoms with Crippen LogP contribution >= 0.6 is 0 Å². The molecule has 1 aromatic rings. The van der Waals surface area contributed by atoms with Crippen molar-refractivity contribution in [1.82, 2.24) is 5.32 Å². The molecule has 1 saturated heterocycles. The lowest BCUT2D eigenvalue weighted by atomic mass is 10.2. The summed E-state index contributed by atoms with van der Waals surface area (Å²) in [5.41, 5.74) is -0.0541. The average molecular weight is 288 g/mol. The minimum absolute atomic E-state index is 0.00798. The Labute approximate surface area is 115 Å². The highest BCUT2D eigenvalue weighted by atomic mass is 19.1. The Bertz CT molecular complexity index is 430. The van der Waals surface area contributed by atoms with E-state index in [1.807, 2.05) is 0 Å². The van der Waals surface area contributed by atoms with E-state index in [4.69, 9.17) is 14.9 Å². The Balaban J connectivity index is 2.11. The van der Waals surface area contributed by atoms with Gasteiger partial charge in [0.05, 0.1) is 6.61 Å². The Morgan fingerprint density at radius 2 is 1.85 bits per heavy atom. The van der Waals surface area contributed by atoms with Gasteiger partial charge in [0.1, 0.15) is 24.1 Å². The molecule has 0 saturated carbocycles. The molecule has 1 unspecified atom stereocenters. The van der Waals surface area contributed by atoms with Crippen molar-refractivity contribution in [2.75, 3.05) is 44.3 Å². The fourth-order valence-corrected chi connectivity index (χ4v) is 2.06. The summed E-state index contributed by atoms with van der Waals surface area (Å²) in [7, 11) is 0. The molecule has 1 aromatic carbocycles. The van der Waals surface area contributed by atoms with Gasteiger partial charge in [-0.3, -0.25) is 0 Å². The highest BCUT2D eigenvalue weighted by Crippen LogP contribution is 2.28. The van der Waals surface area contributed by atoms with Gasteiger partial charge in [0.15, 0.2) is 11.6 Å². The smallest absolute Gasteiger partial charge is 0.153 e. The van der Waals surface area contributed by atoms with Crippen LogP contribution in [-0.2, 0) is 0 Å². The number of nitrogens with one attached hydrogen (secondary N) is 1. The van der Waals surface area contributed by atoms with E-state index >= 15 is 0 Å². The highest BCUT2D eigenvalue weighted by Gasteiger charge is 2.20. The second-order valence-corrected chi connectivity index (χ2v) is 4.62. The number of aliphatic hydroxyl groups excluding tert-OH is 2. The largest absolute Gasteiger partial charge is 0.491 e. The monoisotopic (exact) mass is 288 g/mol. The molecule has 1 aliphatic heterocycles. The first-order chi connectivity index (χ1) is 9.61. The first-order valence-electron chi connectivity index (χ1n) is 6.48. The van der Waals surface area contributed by atoms with Crippen LogP contribution in [0.5, 0.6) is 5.75 Å². The third-order valence-corrected chi connectivity index (χ3v) is 3.08. The lowest BCUT2D eigenvalue weighted by Crippen LogP contribution is -2.44. The Kier molecular flexibility index (Phi) is 5.11. The predicted octanol–water partition coefficient (Wildman–Crippen LogP) is 0.106. The van der Waals surface area contributed by atoms with Crippen LogP contribution in [0.15, 0.2) is 12.1 Å². The summed E-state index contributed by atoms with van der Waals surface area (Å²) in [6.07, 6.45) is -1.08. The molecule has 1 aliphatic rings. The van der Waals surface area contributed by atoms with Crippen LogP contribution in [0.3, 0.4) is 0 Å². The molecule has 1 fully saturated rings. The molecule has 20 heavy (non-hydrogen) atoms. The Hall–Kier alpha value is -1.44. The minimum Gasteiger partial charge on any atom is -0.491 e. The summed E-state index contributed by atoms with van der Waals surface area (Å²) >= 11 is 0. The molecule has 0 bridgehead atoms. The summed E-state index contributed by atoms with van der Waals surface area (Å²) in [6.45, 7) is 1.75. The standard InChI is InChI=1S/C13H18F2N2O3/c14-11-5-10(20-8-9(19)7-18)6-12(15)13(11)17-3-1-16-2-4-17/h5-6,9,16,18-19H,1-4,7-8H2. The number of aliphatic hydroxyl groups is 2. The SMILES string of the molecule is OCC(O)COc1cc(F)c(N2CCNCC2)c(F)c1. The van der Waals surface area contributed by atoms with Gasteiger partial charge < -0.3 is 25.2 Å². The van der Waals surface area contributed by atoms with Crippen LogP contribution in [0, 0.1) is 11.6 Å². The van der Waals surface area contributed by atoms with E-state index < -0.39 is 24.3 Å². The van der Waals surface area contributed by atoms with Crippen molar-refractivity contribution in [3.05, 3.63) is 23.8 Å². The van der Waals surface area contributed by atoms with Crippen LogP contribution in [0.4, 0.5) is 14.5 Å². The number of nitrogens with zero attached hydrogens (tertiary/aromatic N) is 1. The van der Waals surface area contributed by atoms with Gasteiger partial charge in [-0.2, -0.15) is 0 Å². The highest BCUT2D eigenvalue weighted by molar-refractivity contribution is 5.52. The van der Waals surface area contributed by atoms with Crippen LogP contribution < -0.4 is 15.0 Å². The first kappa shape index (κ1) is 15.0. The zero-order valence-corrected chi connectivity index (χ0v) is 11.0. The van der Waals surface area contributed by atoms with Crippen molar-refractivity contribution >= 4 is 5.69 Å². The van der Waals surface area contributed by atoms with Crippen molar-refractivity contribution in [2.24, 2.45) is 0 Å². The molecule has 1 heterocycles. The van der Waals surface area contributed by atoms with Gasteiger partial charge in [-0.25, -0.2) is 8.78 Å². The van der Waals surface area contributed by atoms with E-state index in [-0.39, 0.29) is 18.0 Å². The van der Waals surface area contributed by atoms with Crippen LogP contribution in [0.2, 0.25) is 0 Å². The Morgan fingerprint density at radius 1 is 1.25 bits per heavy atom. The topological polar surface area (TPSA) is 65.0 Å². The quantitative estimate of drug-likeness (QED) is 0.717. The number of benzene rings is 1. The molecule has 0 radical (unpaired) electrons. The molecule has 5 nitrogen and oxygen atoms in total. The van der Waals surface area contributed by atoms with Crippen molar-refractivity contribution < 1.29 is 23.7 Å². The van der Waals surface area contributed by atoms with Crippen LogP contribution in [0.25, 0.3) is 0 Å². The van der Waals surface area contributed by atoms with E-state index in [1.165, 1.54) is 0 Å². The molecule has 1 atom stereocenters. The first-order valence-corrected chi connectivity index (χ1v) is 6.48. The minimum atomic E-state index is -1.08. The summed E-state index contributed by atoms with van der Waals surface area (Å²) in [5, 5.41) is 20.9. The summed E-state index contributed by atoms with van der Waals surface area (Å²) in [5.74, 6) is -1.40. The van der Waals surface area contributed by atoms with Crippen molar-refractivity contribution in [3.63, 3.8) is 0 Å². The average Bonchev–Trinajstić information content (AvgIpc) is 2.45. The van der Waals surface area contributed by atoms with Gasteiger partial charge in [-0.05, 0) is 0 Å². The molecule has 0 amide bonds. The van der Waals surface area contributed by atoms with Gasteiger partial charge in [-0.1, -0.05) is 0 Å². The fourth-order valence-electron chi connectivity index (χ4n) is 2.06. The summed E-state index contributed by atoms with van der Waals surface area (Å²) in [6, 6.07) is 2.18. The number of anilines is 1. The number of ether oxygens (including phenoxy) is 1. The van der Waals surface area contributed by atoms with E-state index in [0.717, 1.165) is 12.1 Å². The van der Waals surface area contributed by atoms with Gasteiger partial charge in [0, 0.05) is 38.3 Å². The summed E-state index contributed by atoms with van der Waals surface area (Å²) in [4.78, 5) is 1.65. The second kappa shape index (κ2) is 6.83. The van der Waals surface area contributed by atoms with Crippen LogP contribution in [0.1, 0.15) is 0 Å². The van der Waals surface area contributed by atoms with Gasteiger partial charge >= 0.3 is 0 Å². The van der Waals surface area contributed by atoms with Crippen molar-refractivity contribution in [3.8, 4) is 5.75 Å². The molecular weight excluding hydrogens is 270 g/mol. The molecule has 0 aliphatic carbocycles. The maximum atomic E-state index is 14.0. The van der Waals surface area contributed by atoms with E-state index in [9.17, 15) is 8.78 Å². The third kappa shape index (κ3) is 3.56. The lowest BCUT2D eigenvalue weighted by Gasteiger charge is -2.30. The van der Waals surface area contributed by atoms with Crippen molar-refractivity contribution in [1.29, 1.82) is 0 Å². The van der Waals surface area contributed by atoms with Crippen LogP contribution in [-0.4, -0.2) is 55.7 Å². The molecule has 7 heteroatoms. The number of rotatable bonds is 5. The lowest BCUT2D eigenvalue weighted by molar-refractivity contribution is 0.0534. The van der Waals surface area contributed by atoms with E-state index in [1.54, 1.807) is 4.90 Å². The molecule has 0 spiro atoms. The fraction of sp³-hybridized carbons (Fsp3) is 0.538. The van der Waals surface area contributed by atoms with Gasteiger partial charge in [-0.15, -0.1) is 0 Å². The molecule has 3 N–H and O–H groups in total. The normalized spacial score (nSPS) is 17.1. The number of hydrogen-bond acceptors (Lipinski definition) is 5.